The summed E-state index contributed by atoms with van der Waals surface area (Å²) < 4.78 is 11.2. The summed E-state index contributed by atoms with van der Waals surface area (Å²) >= 11 is 0. The van der Waals surface area contributed by atoms with Crippen molar-refractivity contribution in [2.24, 2.45) is 0 Å². The van der Waals surface area contributed by atoms with E-state index in [0.717, 1.165) is 0 Å². The van der Waals surface area contributed by atoms with Crippen molar-refractivity contribution in [1.29, 1.82) is 0 Å². The lowest BCUT2D eigenvalue weighted by atomic mass is 9.98. The van der Waals surface area contributed by atoms with Crippen LogP contribution in [0.2, 0.25) is 0 Å². The molecule has 0 saturated carbocycles. The highest BCUT2D eigenvalue weighted by atomic mass is 16.6. The molecule has 0 aliphatic carbocycles. The summed E-state index contributed by atoms with van der Waals surface area (Å²) in [4.78, 5) is 25.3. The quantitative estimate of drug-likeness (QED) is 0.926. The van der Waals surface area contributed by atoms with Gasteiger partial charge in [0.25, 0.3) is 0 Å². The van der Waals surface area contributed by atoms with Crippen LogP contribution >= 0.6 is 0 Å². The topological polar surface area (TPSA) is 76.1 Å². The molecule has 1 aliphatic heterocycles. The Morgan fingerprint density at radius 1 is 1.26 bits per heavy atom. The lowest BCUT2D eigenvalue weighted by Gasteiger charge is -2.32. The Balaban J connectivity index is 2.16. The van der Waals surface area contributed by atoms with Crippen LogP contribution in [0.25, 0.3) is 0 Å². The molecule has 1 saturated heterocycles. The number of carbonyl (C=O) groups is 2. The van der Waals surface area contributed by atoms with Crippen LogP contribution in [-0.2, 0) is 9.53 Å². The minimum absolute atomic E-state index is 0.173. The first-order valence-electron chi connectivity index (χ1n) is 7.57. The summed E-state index contributed by atoms with van der Waals surface area (Å²) in [5, 5.41) is 9.57. The summed E-state index contributed by atoms with van der Waals surface area (Å²) in [6.07, 6.45) is -0.830. The van der Waals surface area contributed by atoms with Crippen molar-refractivity contribution in [3.63, 3.8) is 0 Å². The molecule has 1 aromatic rings. The third-order valence-electron chi connectivity index (χ3n) is 3.73. The van der Waals surface area contributed by atoms with Crippen LogP contribution in [0.15, 0.2) is 30.3 Å². The summed E-state index contributed by atoms with van der Waals surface area (Å²) in [6.45, 7) is 6.94. The Kier molecular flexibility index (Phi) is 4.54. The van der Waals surface area contributed by atoms with E-state index in [2.05, 4.69) is 0 Å². The van der Waals surface area contributed by atoms with Crippen molar-refractivity contribution >= 4 is 12.1 Å². The Morgan fingerprint density at radius 3 is 2.39 bits per heavy atom. The summed E-state index contributed by atoms with van der Waals surface area (Å²) in [5.41, 5.74) is -2.03. The number of hydrogen-bond acceptors (Lipinski definition) is 4. The summed E-state index contributed by atoms with van der Waals surface area (Å²) in [5.74, 6) is -0.418. The lowest BCUT2D eigenvalue weighted by molar-refractivity contribution is -0.148. The third-order valence-corrected chi connectivity index (χ3v) is 3.73. The third kappa shape index (κ3) is 3.94. The van der Waals surface area contributed by atoms with Crippen LogP contribution < -0.4 is 4.74 Å². The Hall–Kier alpha value is -2.24. The van der Waals surface area contributed by atoms with E-state index in [1.807, 2.05) is 18.2 Å². The Morgan fingerprint density at radius 2 is 1.87 bits per heavy atom. The number of carboxylic acids is 1. The maximum Gasteiger partial charge on any atom is 0.411 e. The van der Waals surface area contributed by atoms with Gasteiger partial charge in [-0.15, -0.1) is 0 Å². The highest BCUT2D eigenvalue weighted by molar-refractivity contribution is 5.85. The number of aliphatic carboxylic acids is 1. The van der Waals surface area contributed by atoms with E-state index in [-0.39, 0.29) is 13.0 Å². The highest BCUT2D eigenvalue weighted by Gasteiger charge is 2.52. The van der Waals surface area contributed by atoms with Gasteiger partial charge in [-0.05, 0) is 39.8 Å². The van der Waals surface area contributed by atoms with E-state index in [9.17, 15) is 14.7 Å². The number of carbonyl (C=O) groups excluding carboxylic acids is 1. The van der Waals surface area contributed by atoms with Crippen LogP contribution in [0, 0.1) is 0 Å². The zero-order valence-electron chi connectivity index (χ0n) is 13.9. The highest BCUT2D eigenvalue weighted by Crippen LogP contribution is 2.33. The van der Waals surface area contributed by atoms with Crippen LogP contribution in [-0.4, -0.2) is 45.9 Å². The Bertz CT molecular complexity index is 580. The van der Waals surface area contributed by atoms with Crippen molar-refractivity contribution in [1.82, 2.24) is 4.90 Å². The number of para-hydroxylation sites is 1. The minimum Gasteiger partial charge on any atom is -0.488 e. The van der Waals surface area contributed by atoms with Gasteiger partial charge in [0, 0.05) is 6.42 Å². The fraction of sp³-hybridized carbons (Fsp3) is 0.529. The molecule has 0 spiro atoms. The number of nitrogens with zero attached hydrogens (tertiary/aromatic N) is 1. The van der Waals surface area contributed by atoms with Crippen molar-refractivity contribution < 1.29 is 24.2 Å². The maximum atomic E-state index is 12.4. The van der Waals surface area contributed by atoms with E-state index >= 15 is 0 Å². The smallest absolute Gasteiger partial charge is 0.411 e. The monoisotopic (exact) mass is 321 g/mol. The van der Waals surface area contributed by atoms with Gasteiger partial charge in [0.1, 0.15) is 23.0 Å². The number of rotatable bonds is 3. The zero-order chi connectivity index (χ0) is 17.3. The van der Waals surface area contributed by atoms with Gasteiger partial charge < -0.3 is 14.6 Å². The molecule has 1 heterocycles. The number of benzene rings is 1. The molecule has 0 unspecified atom stereocenters. The SMILES string of the molecule is CC(C)(C)OC(=O)N1C[C@@H](Oc2ccccc2)C[C@@]1(C)C(=O)O. The van der Waals surface area contributed by atoms with Crippen LogP contribution in [0.5, 0.6) is 5.75 Å². The fourth-order valence-electron chi connectivity index (χ4n) is 2.59. The van der Waals surface area contributed by atoms with Gasteiger partial charge in [-0.25, -0.2) is 9.59 Å². The molecule has 1 N–H and O–H groups in total. The molecular formula is C17H23NO5. The van der Waals surface area contributed by atoms with Crippen LogP contribution in [0.1, 0.15) is 34.1 Å². The first-order valence-corrected chi connectivity index (χ1v) is 7.57. The predicted octanol–water partition coefficient (Wildman–Crippen LogP) is 2.92. The van der Waals surface area contributed by atoms with Crippen molar-refractivity contribution in [2.75, 3.05) is 6.54 Å². The molecule has 1 aromatic carbocycles. The minimum atomic E-state index is -1.35. The first-order chi connectivity index (χ1) is 10.6. The average Bonchev–Trinajstić information content (AvgIpc) is 2.76. The molecular weight excluding hydrogens is 298 g/mol. The number of likely N-dealkylation sites (tertiary alicyclic amines) is 1. The van der Waals surface area contributed by atoms with Gasteiger partial charge in [0.05, 0.1) is 6.54 Å². The van der Waals surface area contributed by atoms with Crippen molar-refractivity contribution in [2.45, 2.75) is 51.4 Å². The van der Waals surface area contributed by atoms with Crippen molar-refractivity contribution in [3.05, 3.63) is 30.3 Å². The van der Waals surface area contributed by atoms with Crippen LogP contribution in [0.4, 0.5) is 4.79 Å². The van der Waals surface area contributed by atoms with Gasteiger partial charge in [0.2, 0.25) is 0 Å². The zero-order valence-corrected chi connectivity index (χ0v) is 13.9. The molecule has 6 heteroatoms. The largest absolute Gasteiger partial charge is 0.488 e. The molecule has 1 amide bonds. The van der Waals surface area contributed by atoms with Gasteiger partial charge in [-0.2, -0.15) is 0 Å². The average molecular weight is 321 g/mol. The normalized spacial score (nSPS) is 24.3. The standard InChI is InChI=1S/C17H23NO5/c1-16(2,3)23-15(21)18-11-13(10-17(18,4)14(19)20)22-12-8-6-5-7-9-12/h5-9,13H,10-11H2,1-4H3,(H,19,20)/t13-,17-/m0/s1. The summed E-state index contributed by atoms with van der Waals surface area (Å²) in [7, 11) is 0. The maximum absolute atomic E-state index is 12.4. The fourth-order valence-corrected chi connectivity index (χ4v) is 2.59. The molecule has 126 valence electrons. The number of ether oxygens (including phenoxy) is 2. The molecule has 6 nitrogen and oxygen atoms in total. The molecule has 0 aromatic heterocycles. The van der Waals surface area contributed by atoms with Crippen LogP contribution in [0.3, 0.4) is 0 Å². The van der Waals surface area contributed by atoms with E-state index in [4.69, 9.17) is 9.47 Å². The second kappa shape index (κ2) is 6.10. The predicted molar refractivity (Wildman–Crippen MR) is 84.5 cm³/mol. The number of carboxylic acid groups (broad SMARTS) is 1. The molecule has 1 aliphatic rings. The molecule has 0 bridgehead atoms. The lowest BCUT2D eigenvalue weighted by Crippen LogP contribution is -2.52. The van der Waals surface area contributed by atoms with E-state index in [0.29, 0.717) is 5.75 Å². The molecule has 1 fully saturated rings. The second-order valence-electron chi connectivity index (χ2n) is 6.93. The van der Waals surface area contributed by atoms with Gasteiger partial charge in [-0.1, -0.05) is 18.2 Å². The number of hydrogen-bond donors (Lipinski definition) is 1. The summed E-state index contributed by atoms with van der Waals surface area (Å²) in [6, 6.07) is 9.15. The molecule has 2 atom stereocenters. The molecule has 0 radical (unpaired) electrons. The molecule has 23 heavy (non-hydrogen) atoms. The van der Waals surface area contributed by atoms with E-state index < -0.39 is 29.3 Å². The van der Waals surface area contributed by atoms with E-state index in [1.165, 1.54) is 11.8 Å². The van der Waals surface area contributed by atoms with Gasteiger partial charge >= 0.3 is 12.1 Å². The van der Waals surface area contributed by atoms with Crippen molar-refractivity contribution in [3.8, 4) is 5.75 Å². The van der Waals surface area contributed by atoms with Gasteiger partial charge in [0.15, 0.2) is 0 Å². The molecule has 2 rings (SSSR count). The van der Waals surface area contributed by atoms with Gasteiger partial charge in [-0.3, -0.25) is 4.90 Å². The second-order valence-corrected chi connectivity index (χ2v) is 6.93. The first kappa shape index (κ1) is 17.1. The number of amides is 1. The Labute approximate surface area is 136 Å². The van der Waals surface area contributed by atoms with E-state index in [1.54, 1.807) is 32.9 Å².